The van der Waals surface area contributed by atoms with Crippen molar-refractivity contribution in [1.29, 1.82) is 0 Å². The summed E-state index contributed by atoms with van der Waals surface area (Å²) in [5.41, 5.74) is 0.317. The highest BCUT2D eigenvalue weighted by Crippen LogP contribution is 2.33. The Balaban J connectivity index is 1.41. The van der Waals surface area contributed by atoms with Gasteiger partial charge in [-0.3, -0.25) is 14.5 Å². The van der Waals surface area contributed by atoms with Crippen LogP contribution in [0.2, 0.25) is 5.02 Å². The molecular weight excluding hydrogens is 435 g/mol. The number of hydrogen-bond donors (Lipinski definition) is 1. The molecule has 1 atom stereocenters. The lowest BCUT2D eigenvalue weighted by atomic mass is 9.87. The van der Waals surface area contributed by atoms with E-state index in [9.17, 15) is 18.8 Å². The van der Waals surface area contributed by atoms with E-state index >= 15 is 0 Å². The van der Waals surface area contributed by atoms with Crippen molar-refractivity contribution in [3.63, 3.8) is 0 Å². The van der Waals surface area contributed by atoms with Crippen LogP contribution in [0.5, 0.6) is 0 Å². The summed E-state index contributed by atoms with van der Waals surface area (Å²) in [6, 6.07) is 12.4. The van der Waals surface area contributed by atoms with E-state index in [0.717, 1.165) is 10.6 Å². The summed E-state index contributed by atoms with van der Waals surface area (Å²) in [4.78, 5) is 43.5. The molecule has 1 unspecified atom stereocenters. The molecule has 0 aliphatic carbocycles. The largest absolute Gasteiger partial charge is 0.368 e. The third-order valence-electron chi connectivity index (χ3n) is 6.16. The minimum Gasteiger partial charge on any atom is -0.368 e. The lowest BCUT2D eigenvalue weighted by molar-refractivity contribution is -0.139. The zero-order valence-electron chi connectivity index (χ0n) is 17.7. The van der Waals surface area contributed by atoms with Gasteiger partial charge in [-0.25, -0.2) is 9.18 Å². The molecule has 2 aromatic carbocycles. The first-order valence-electron chi connectivity index (χ1n) is 10.5. The standard InChI is InChI=1S/C23H24ClFN4O3/c1-2-23(16-3-5-17(24)6-4-16)21(31)29(22(32)26-23)15-20(30)28-13-11-27(12-14-28)19-9-7-18(25)8-10-19/h3-10H,2,11-15H2,1H3,(H,26,32). The molecule has 7 nitrogen and oxygen atoms in total. The van der Waals surface area contributed by atoms with Crippen LogP contribution in [0.3, 0.4) is 0 Å². The second-order valence-electron chi connectivity index (χ2n) is 7.93. The van der Waals surface area contributed by atoms with Crippen LogP contribution < -0.4 is 10.2 Å². The molecule has 0 aromatic heterocycles. The van der Waals surface area contributed by atoms with Gasteiger partial charge in [-0.2, -0.15) is 0 Å². The van der Waals surface area contributed by atoms with Crippen molar-refractivity contribution in [2.75, 3.05) is 37.6 Å². The van der Waals surface area contributed by atoms with Crippen LogP contribution in [0, 0.1) is 5.82 Å². The Morgan fingerprint density at radius 2 is 1.66 bits per heavy atom. The Kier molecular flexibility index (Phi) is 6.06. The summed E-state index contributed by atoms with van der Waals surface area (Å²) in [6.07, 6.45) is 0.347. The number of carbonyl (C=O) groups excluding carboxylic acids is 3. The molecule has 2 heterocycles. The van der Waals surface area contributed by atoms with Gasteiger partial charge in [0.1, 0.15) is 17.9 Å². The van der Waals surface area contributed by atoms with Crippen molar-refractivity contribution in [2.24, 2.45) is 0 Å². The van der Waals surface area contributed by atoms with Gasteiger partial charge in [0.2, 0.25) is 5.91 Å². The van der Waals surface area contributed by atoms with Crippen LogP contribution >= 0.6 is 11.6 Å². The summed E-state index contributed by atoms with van der Waals surface area (Å²) >= 11 is 5.96. The van der Waals surface area contributed by atoms with Gasteiger partial charge in [-0.1, -0.05) is 30.7 Å². The molecule has 0 spiro atoms. The summed E-state index contributed by atoms with van der Waals surface area (Å²) in [6.45, 7) is 3.58. The molecule has 4 rings (SSSR count). The maximum atomic E-state index is 13.2. The van der Waals surface area contributed by atoms with Crippen molar-refractivity contribution in [3.05, 3.63) is 64.9 Å². The number of carbonyl (C=O) groups is 3. The number of nitrogens with zero attached hydrogens (tertiary/aromatic N) is 3. The van der Waals surface area contributed by atoms with E-state index in [1.165, 1.54) is 12.1 Å². The first-order chi connectivity index (χ1) is 15.3. The van der Waals surface area contributed by atoms with Crippen LogP contribution in [-0.4, -0.2) is 60.4 Å². The first kappa shape index (κ1) is 22.1. The van der Waals surface area contributed by atoms with E-state index in [1.54, 1.807) is 41.3 Å². The average Bonchev–Trinajstić information content (AvgIpc) is 3.05. The van der Waals surface area contributed by atoms with Gasteiger partial charge in [-0.15, -0.1) is 0 Å². The third kappa shape index (κ3) is 4.02. The number of hydrogen-bond acceptors (Lipinski definition) is 4. The molecule has 1 N–H and O–H groups in total. The smallest absolute Gasteiger partial charge is 0.325 e. The maximum Gasteiger partial charge on any atom is 0.325 e. The second kappa shape index (κ2) is 8.78. The minimum atomic E-state index is -1.21. The summed E-state index contributed by atoms with van der Waals surface area (Å²) < 4.78 is 13.1. The molecule has 0 radical (unpaired) electrons. The van der Waals surface area contributed by atoms with E-state index in [-0.39, 0.29) is 18.3 Å². The van der Waals surface area contributed by atoms with Crippen molar-refractivity contribution >= 4 is 35.1 Å². The molecule has 4 amide bonds. The van der Waals surface area contributed by atoms with Crippen LogP contribution in [0.15, 0.2) is 48.5 Å². The van der Waals surface area contributed by atoms with Gasteiger partial charge in [0.15, 0.2) is 0 Å². The Bertz CT molecular complexity index is 1020. The Morgan fingerprint density at radius 3 is 2.25 bits per heavy atom. The van der Waals surface area contributed by atoms with Gasteiger partial charge in [-0.05, 0) is 48.4 Å². The number of amides is 4. The number of anilines is 1. The fourth-order valence-corrected chi connectivity index (χ4v) is 4.37. The van der Waals surface area contributed by atoms with E-state index in [0.29, 0.717) is 43.2 Å². The summed E-state index contributed by atoms with van der Waals surface area (Å²) in [7, 11) is 0. The number of imide groups is 1. The monoisotopic (exact) mass is 458 g/mol. The molecule has 2 aromatic rings. The lowest BCUT2D eigenvalue weighted by Crippen LogP contribution is -2.52. The zero-order valence-corrected chi connectivity index (χ0v) is 18.4. The molecule has 2 fully saturated rings. The number of piperazine rings is 1. The third-order valence-corrected chi connectivity index (χ3v) is 6.41. The maximum absolute atomic E-state index is 13.2. The van der Waals surface area contributed by atoms with Gasteiger partial charge in [0.25, 0.3) is 5.91 Å². The lowest BCUT2D eigenvalue weighted by Gasteiger charge is -2.36. The molecule has 2 saturated heterocycles. The molecule has 9 heteroatoms. The van der Waals surface area contributed by atoms with Crippen molar-refractivity contribution < 1.29 is 18.8 Å². The molecule has 0 bridgehead atoms. The normalized spacial score (nSPS) is 21.2. The average molecular weight is 459 g/mol. The predicted molar refractivity (Wildman–Crippen MR) is 119 cm³/mol. The summed E-state index contributed by atoms with van der Waals surface area (Å²) in [5, 5.41) is 3.31. The Hall–Kier alpha value is -3.13. The number of halogens is 2. The van der Waals surface area contributed by atoms with Gasteiger partial charge < -0.3 is 15.1 Å². The fourth-order valence-electron chi connectivity index (χ4n) is 4.24. The van der Waals surface area contributed by atoms with Gasteiger partial charge >= 0.3 is 6.03 Å². The van der Waals surface area contributed by atoms with E-state index in [1.807, 2.05) is 6.92 Å². The number of urea groups is 1. The molecule has 2 aliphatic rings. The van der Waals surface area contributed by atoms with Crippen molar-refractivity contribution in [2.45, 2.75) is 18.9 Å². The van der Waals surface area contributed by atoms with Crippen molar-refractivity contribution in [3.8, 4) is 0 Å². The number of nitrogens with one attached hydrogen (secondary N) is 1. The second-order valence-corrected chi connectivity index (χ2v) is 8.37. The highest BCUT2D eigenvalue weighted by Gasteiger charge is 2.51. The SMILES string of the molecule is CCC1(c2ccc(Cl)cc2)NC(=O)N(CC(=O)N2CCN(c3ccc(F)cc3)CC2)C1=O. The van der Waals surface area contributed by atoms with Gasteiger partial charge in [0, 0.05) is 36.9 Å². The molecule has 2 aliphatic heterocycles. The first-order valence-corrected chi connectivity index (χ1v) is 10.9. The summed E-state index contributed by atoms with van der Waals surface area (Å²) in [5.74, 6) is -1.02. The number of benzene rings is 2. The van der Waals surface area contributed by atoms with E-state index in [4.69, 9.17) is 11.6 Å². The zero-order chi connectivity index (χ0) is 22.9. The highest BCUT2D eigenvalue weighted by atomic mass is 35.5. The van der Waals surface area contributed by atoms with E-state index < -0.39 is 17.5 Å². The molecule has 0 saturated carbocycles. The van der Waals surface area contributed by atoms with Crippen LogP contribution in [-0.2, 0) is 15.1 Å². The van der Waals surface area contributed by atoms with Crippen LogP contribution in [0.4, 0.5) is 14.9 Å². The Morgan fingerprint density at radius 1 is 1.03 bits per heavy atom. The minimum absolute atomic E-state index is 0.282. The van der Waals surface area contributed by atoms with Crippen LogP contribution in [0.1, 0.15) is 18.9 Å². The predicted octanol–water partition coefficient (Wildman–Crippen LogP) is 2.99. The van der Waals surface area contributed by atoms with Crippen LogP contribution in [0.25, 0.3) is 0 Å². The Labute approximate surface area is 190 Å². The molecule has 32 heavy (non-hydrogen) atoms. The highest BCUT2D eigenvalue weighted by molar-refractivity contribution is 6.30. The van der Waals surface area contributed by atoms with Gasteiger partial charge in [0.05, 0.1) is 0 Å². The number of rotatable bonds is 5. The van der Waals surface area contributed by atoms with Crippen molar-refractivity contribution in [1.82, 2.24) is 15.1 Å². The fraction of sp³-hybridized carbons (Fsp3) is 0.348. The molecular formula is C23H24ClFN4O3. The van der Waals surface area contributed by atoms with E-state index in [2.05, 4.69) is 10.2 Å². The topological polar surface area (TPSA) is 73.0 Å². The molecule has 168 valence electrons. The quantitative estimate of drug-likeness (QED) is 0.699.